The van der Waals surface area contributed by atoms with Crippen molar-refractivity contribution in [1.82, 2.24) is 0 Å². The minimum absolute atomic E-state index is 0.0740. The first kappa shape index (κ1) is 12.8. The Hall–Kier alpha value is -2.69. The van der Waals surface area contributed by atoms with Crippen LogP contribution in [-0.4, -0.2) is 15.8 Å². The first-order chi connectivity index (χ1) is 8.99. The van der Waals surface area contributed by atoms with Gasteiger partial charge in [-0.3, -0.25) is 14.9 Å². The van der Waals surface area contributed by atoms with E-state index in [2.05, 4.69) is 0 Å². The average molecular weight is 257 g/mol. The summed E-state index contributed by atoms with van der Waals surface area (Å²) in [5.74, 6) is -0.452. The van der Waals surface area contributed by atoms with Crippen LogP contribution in [0.1, 0.15) is 17.3 Å². The number of benzene rings is 2. The Morgan fingerprint density at radius 1 is 1.16 bits per heavy atom. The molecule has 0 aliphatic rings. The second-order valence-electron chi connectivity index (χ2n) is 4.10. The van der Waals surface area contributed by atoms with Gasteiger partial charge in [-0.1, -0.05) is 24.3 Å². The zero-order valence-electron chi connectivity index (χ0n) is 10.2. The Labute approximate surface area is 109 Å². The molecule has 0 amide bonds. The van der Waals surface area contributed by atoms with Gasteiger partial charge in [-0.05, 0) is 30.2 Å². The molecule has 2 aromatic carbocycles. The monoisotopic (exact) mass is 257 g/mol. The Bertz CT molecular complexity index is 664. The quantitative estimate of drug-likeness (QED) is 0.520. The van der Waals surface area contributed by atoms with Crippen molar-refractivity contribution in [1.29, 1.82) is 0 Å². The van der Waals surface area contributed by atoms with E-state index in [0.717, 1.165) is 0 Å². The van der Waals surface area contributed by atoms with Crippen molar-refractivity contribution in [3.05, 3.63) is 58.1 Å². The fourth-order valence-electron chi connectivity index (χ4n) is 1.77. The molecular formula is C14H11NO4. The zero-order valence-corrected chi connectivity index (χ0v) is 10.2. The van der Waals surface area contributed by atoms with Gasteiger partial charge in [0.05, 0.1) is 4.92 Å². The number of hydrogen-bond acceptors (Lipinski definition) is 4. The number of aromatic hydroxyl groups is 1. The lowest BCUT2D eigenvalue weighted by Gasteiger charge is -2.04. The molecule has 0 spiro atoms. The molecule has 0 saturated heterocycles. The highest BCUT2D eigenvalue weighted by atomic mass is 16.6. The summed E-state index contributed by atoms with van der Waals surface area (Å²) >= 11 is 0. The highest BCUT2D eigenvalue weighted by molar-refractivity contribution is 5.95. The standard InChI is InChI=1S/C14H11NO4/c1-9(16)10-3-2-4-11(7-10)12-5-6-14(17)13(8-12)15(18)19/h2-8,17H,1H3. The summed E-state index contributed by atoms with van der Waals surface area (Å²) in [7, 11) is 0. The lowest BCUT2D eigenvalue weighted by Crippen LogP contribution is -1.93. The third-order valence-corrected chi connectivity index (χ3v) is 2.77. The Balaban J connectivity index is 2.53. The summed E-state index contributed by atoms with van der Waals surface area (Å²) in [6.45, 7) is 1.46. The number of nitro groups is 1. The van der Waals surface area contributed by atoms with Crippen molar-refractivity contribution in [2.24, 2.45) is 0 Å². The maximum Gasteiger partial charge on any atom is 0.311 e. The highest BCUT2D eigenvalue weighted by Crippen LogP contribution is 2.31. The minimum atomic E-state index is -0.645. The van der Waals surface area contributed by atoms with E-state index in [0.29, 0.717) is 16.7 Å². The molecule has 19 heavy (non-hydrogen) atoms. The largest absolute Gasteiger partial charge is 0.502 e. The molecule has 0 fully saturated rings. The summed E-state index contributed by atoms with van der Waals surface area (Å²) in [6, 6.07) is 10.9. The molecule has 0 radical (unpaired) electrons. The van der Waals surface area contributed by atoms with Crippen LogP contribution in [0.4, 0.5) is 5.69 Å². The molecule has 0 atom stereocenters. The fourth-order valence-corrected chi connectivity index (χ4v) is 1.77. The number of ketones is 1. The minimum Gasteiger partial charge on any atom is -0.502 e. The number of nitrogens with zero attached hydrogens (tertiary/aromatic N) is 1. The molecule has 0 saturated carbocycles. The molecule has 5 heteroatoms. The molecule has 0 unspecified atom stereocenters. The first-order valence-corrected chi connectivity index (χ1v) is 5.58. The molecule has 0 heterocycles. The van der Waals surface area contributed by atoms with E-state index in [1.165, 1.54) is 19.1 Å². The van der Waals surface area contributed by atoms with Gasteiger partial charge < -0.3 is 5.11 Å². The molecule has 0 aliphatic carbocycles. The predicted molar refractivity (Wildman–Crippen MR) is 70.2 cm³/mol. The lowest BCUT2D eigenvalue weighted by atomic mass is 10.0. The number of rotatable bonds is 3. The Morgan fingerprint density at radius 3 is 2.47 bits per heavy atom. The van der Waals surface area contributed by atoms with E-state index in [1.807, 2.05) is 0 Å². The van der Waals surface area contributed by atoms with Gasteiger partial charge in [0.2, 0.25) is 0 Å². The maximum absolute atomic E-state index is 11.3. The van der Waals surface area contributed by atoms with Crippen LogP contribution in [0.2, 0.25) is 0 Å². The molecule has 2 aromatic rings. The molecule has 96 valence electrons. The number of nitro benzene ring substituents is 1. The van der Waals surface area contributed by atoms with E-state index in [9.17, 15) is 20.0 Å². The molecule has 0 aliphatic heterocycles. The summed E-state index contributed by atoms with van der Waals surface area (Å²) in [6.07, 6.45) is 0. The van der Waals surface area contributed by atoms with Crippen LogP contribution in [0.3, 0.4) is 0 Å². The maximum atomic E-state index is 11.3. The third kappa shape index (κ3) is 2.60. The molecule has 0 aromatic heterocycles. The summed E-state index contributed by atoms with van der Waals surface area (Å²) < 4.78 is 0. The normalized spacial score (nSPS) is 10.2. The number of phenols is 1. The number of hydrogen-bond donors (Lipinski definition) is 1. The van der Waals surface area contributed by atoms with Gasteiger partial charge in [0.1, 0.15) is 0 Å². The van der Waals surface area contributed by atoms with Crippen LogP contribution < -0.4 is 0 Å². The van der Waals surface area contributed by atoms with Crippen molar-refractivity contribution in [3.8, 4) is 16.9 Å². The van der Waals surface area contributed by atoms with Crippen molar-refractivity contribution in [2.75, 3.05) is 0 Å². The second-order valence-corrected chi connectivity index (χ2v) is 4.10. The van der Waals surface area contributed by atoms with Gasteiger partial charge >= 0.3 is 5.69 Å². The van der Waals surface area contributed by atoms with E-state index >= 15 is 0 Å². The molecular weight excluding hydrogens is 246 g/mol. The second kappa shape index (κ2) is 4.89. The van der Waals surface area contributed by atoms with Crippen LogP contribution in [0.5, 0.6) is 5.75 Å². The highest BCUT2D eigenvalue weighted by Gasteiger charge is 2.14. The summed E-state index contributed by atoms with van der Waals surface area (Å²) in [5, 5.41) is 20.2. The molecule has 2 rings (SSSR count). The lowest BCUT2D eigenvalue weighted by molar-refractivity contribution is -0.385. The number of carbonyl (C=O) groups is 1. The van der Waals surface area contributed by atoms with Crippen molar-refractivity contribution < 1.29 is 14.8 Å². The van der Waals surface area contributed by atoms with E-state index < -0.39 is 4.92 Å². The van der Waals surface area contributed by atoms with E-state index in [-0.39, 0.29) is 17.2 Å². The molecule has 5 nitrogen and oxygen atoms in total. The van der Waals surface area contributed by atoms with E-state index in [4.69, 9.17) is 0 Å². The third-order valence-electron chi connectivity index (χ3n) is 2.77. The zero-order chi connectivity index (χ0) is 14.0. The fraction of sp³-hybridized carbons (Fsp3) is 0.0714. The smallest absolute Gasteiger partial charge is 0.311 e. The van der Waals surface area contributed by atoms with Crippen LogP contribution in [0, 0.1) is 10.1 Å². The van der Waals surface area contributed by atoms with Crippen LogP contribution in [0.25, 0.3) is 11.1 Å². The SMILES string of the molecule is CC(=O)c1cccc(-c2ccc(O)c([N+](=O)[O-])c2)c1. The first-order valence-electron chi connectivity index (χ1n) is 5.58. The number of Topliss-reactive ketones (excluding diaryl/α,β-unsaturated/α-hetero) is 1. The topological polar surface area (TPSA) is 80.4 Å². The predicted octanol–water partition coefficient (Wildman–Crippen LogP) is 3.17. The van der Waals surface area contributed by atoms with Gasteiger partial charge in [0, 0.05) is 11.6 Å². The summed E-state index contributed by atoms with van der Waals surface area (Å²) in [4.78, 5) is 21.4. The average Bonchev–Trinajstić information content (AvgIpc) is 2.39. The molecule has 0 bridgehead atoms. The Kier molecular flexibility index (Phi) is 3.29. The van der Waals surface area contributed by atoms with Crippen LogP contribution in [0.15, 0.2) is 42.5 Å². The molecule has 1 N–H and O–H groups in total. The van der Waals surface area contributed by atoms with Gasteiger partial charge in [-0.25, -0.2) is 0 Å². The number of carbonyl (C=O) groups excluding carboxylic acids is 1. The van der Waals surface area contributed by atoms with Gasteiger partial charge in [-0.15, -0.1) is 0 Å². The van der Waals surface area contributed by atoms with Crippen molar-refractivity contribution >= 4 is 11.5 Å². The van der Waals surface area contributed by atoms with Crippen LogP contribution in [-0.2, 0) is 0 Å². The van der Waals surface area contributed by atoms with Crippen molar-refractivity contribution in [2.45, 2.75) is 6.92 Å². The number of phenolic OH excluding ortho intramolecular Hbond substituents is 1. The van der Waals surface area contributed by atoms with E-state index in [1.54, 1.807) is 30.3 Å². The van der Waals surface area contributed by atoms with Crippen LogP contribution >= 0.6 is 0 Å². The summed E-state index contributed by atoms with van der Waals surface area (Å²) in [5.41, 5.74) is 1.45. The van der Waals surface area contributed by atoms with Gasteiger partial charge in [-0.2, -0.15) is 0 Å². The van der Waals surface area contributed by atoms with Gasteiger partial charge in [0.15, 0.2) is 11.5 Å². The van der Waals surface area contributed by atoms with Gasteiger partial charge in [0.25, 0.3) is 0 Å². The van der Waals surface area contributed by atoms with Crippen molar-refractivity contribution in [3.63, 3.8) is 0 Å². The Morgan fingerprint density at radius 2 is 1.84 bits per heavy atom.